The summed E-state index contributed by atoms with van der Waals surface area (Å²) in [6.07, 6.45) is 4.09. The maximum Gasteiger partial charge on any atom is 0.253 e. The zero-order valence-corrected chi connectivity index (χ0v) is 15.6. The average Bonchev–Trinajstić information content (AvgIpc) is 3.42. The lowest BCUT2D eigenvalue weighted by atomic mass is 9.85. The summed E-state index contributed by atoms with van der Waals surface area (Å²) in [4.78, 5) is 21.0. The highest BCUT2D eigenvalue weighted by atomic mass is 32.1. The van der Waals surface area contributed by atoms with Crippen LogP contribution in [0.15, 0.2) is 48.0 Å². The van der Waals surface area contributed by atoms with Crippen LogP contribution in [0.4, 0.5) is 0 Å². The van der Waals surface area contributed by atoms with Gasteiger partial charge in [0, 0.05) is 30.6 Å². The van der Waals surface area contributed by atoms with Crippen LogP contribution in [-0.2, 0) is 12.0 Å². The fourth-order valence-corrected chi connectivity index (χ4v) is 5.14. The summed E-state index contributed by atoms with van der Waals surface area (Å²) in [6, 6.07) is 12.1. The van der Waals surface area contributed by atoms with Gasteiger partial charge in [0.05, 0.1) is 16.8 Å². The maximum absolute atomic E-state index is 12.9. The van der Waals surface area contributed by atoms with Crippen LogP contribution in [0.25, 0.3) is 10.6 Å². The van der Waals surface area contributed by atoms with E-state index in [1.165, 1.54) is 22.0 Å². The minimum Gasteiger partial charge on any atom is -0.338 e. The van der Waals surface area contributed by atoms with Crippen LogP contribution >= 0.6 is 11.3 Å². The van der Waals surface area contributed by atoms with Crippen LogP contribution in [0, 0.1) is 6.92 Å². The number of benzene rings is 1. The summed E-state index contributed by atoms with van der Waals surface area (Å²) in [5.41, 5.74) is 3.21. The number of carbonyl (C=O) groups is 1. The van der Waals surface area contributed by atoms with Crippen molar-refractivity contribution in [3.05, 3.63) is 64.9 Å². The van der Waals surface area contributed by atoms with Gasteiger partial charge in [0.2, 0.25) is 0 Å². The standard InChI is InChI=1S/C21H21N3OS/c1-15-4-6-16(7-5-15)19(25)23-10-8-21(14-23)9-11-24-17(13-22-20(21)24)18-3-2-12-26-18/h2-7,12-13H,8-11,14H2,1H3/t21-/m0/s1. The Morgan fingerprint density at radius 1 is 1.15 bits per heavy atom. The van der Waals surface area contributed by atoms with Crippen molar-refractivity contribution >= 4 is 17.2 Å². The van der Waals surface area contributed by atoms with Crippen molar-refractivity contribution in [2.45, 2.75) is 31.7 Å². The number of amides is 1. The number of rotatable bonds is 2. The van der Waals surface area contributed by atoms with E-state index < -0.39 is 0 Å². The molecule has 1 spiro atoms. The minimum absolute atomic E-state index is 0.0237. The molecule has 5 rings (SSSR count). The van der Waals surface area contributed by atoms with Crippen molar-refractivity contribution in [3.8, 4) is 10.6 Å². The summed E-state index contributed by atoms with van der Waals surface area (Å²) in [7, 11) is 0. The van der Waals surface area contributed by atoms with Crippen LogP contribution in [0.1, 0.15) is 34.6 Å². The van der Waals surface area contributed by atoms with Gasteiger partial charge in [-0.15, -0.1) is 11.3 Å². The number of nitrogens with zero attached hydrogens (tertiary/aromatic N) is 3. The van der Waals surface area contributed by atoms with Gasteiger partial charge < -0.3 is 9.47 Å². The maximum atomic E-state index is 12.9. The first-order valence-corrected chi connectivity index (χ1v) is 10.0. The highest BCUT2D eigenvalue weighted by Gasteiger charge is 2.47. The third-order valence-electron chi connectivity index (χ3n) is 5.86. The fourth-order valence-electron chi connectivity index (χ4n) is 4.39. The lowest BCUT2D eigenvalue weighted by Crippen LogP contribution is -2.33. The molecule has 0 unspecified atom stereocenters. The minimum atomic E-state index is 0.0237. The monoisotopic (exact) mass is 363 g/mol. The molecule has 2 aliphatic rings. The van der Waals surface area contributed by atoms with E-state index in [2.05, 4.69) is 22.1 Å². The molecule has 1 amide bonds. The molecule has 2 aromatic heterocycles. The highest BCUT2D eigenvalue weighted by molar-refractivity contribution is 7.13. The molecule has 0 saturated carbocycles. The Morgan fingerprint density at radius 3 is 2.73 bits per heavy atom. The smallest absolute Gasteiger partial charge is 0.253 e. The zero-order chi connectivity index (χ0) is 17.7. The quantitative estimate of drug-likeness (QED) is 0.687. The predicted octanol–water partition coefficient (Wildman–Crippen LogP) is 4.11. The number of fused-ring (bicyclic) bond motifs is 2. The van der Waals surface area contributed by atoms with Crippen molar-refractivity contribution in [1.82, 2.24) is 14.5 Å². The SMILES string of the molecule is Cc1ccc(C(=O)N2CC[C@]3(CCn4c(-c5cccs5)cnc43)C2)cc1. The molecule has 1 saturated heterocycles. The van der Waals surface area contributed by atoms with Crippen molar-refractivity contribution in [1.29, 1.82) is 0 Å². The average molecular weight is 363 g/mol. The van der Waals surface area contributed by atoms with Gasteiger partial charge in [0.15, 0.2) is 0 Å². The summed E-state index contributed by atoms with van der Waals surface area (Å²) in [6.45, 7) is 4.63. The molecule has 1 fully saturated rings. The Balaban J connectivity index is 1.42. The Hall–Kier alpha value is -2.40. The Kier molecular flexibility index (Phi) is 3.54. The number of hydrogen-bond donors (Lipinski definition) is 0. The number of aryl methyl sites for hydroxylation is 1. The van der Waals surface area contributed by atoms with E-state index in [9.17, 15) is 4.79 Å². The van der Waals surface area contributed by atoms with Gasteiger partial charge >= 0.3 is 0 Å². The molecular weight excluding hydrogens is 342 g/mol. The molecule has 1 atom stereocenters. The summed E-state index contributed by atoms with van der Waals surface area (Å²) < 4.78 is 2.37. The third kappa shape index (κ3) is 2.34. The van der Waals surface area contributed by atoms with Gasteiger partial charge in [0.1, 0.15) is 5.82 Å². The number of thiophene rings is 1. The number of hydrogen-bond acceptors (Lipinski definition) is 3. The molecule has 0 bridgehead atoms. The molecule has 2 aliphatic heterocycles. The molecule has 3 aromatic rings. The number of imidazole rings is 1. The van der Waals surface area contributed by atoms with Gasteiger partial charge in [-0.05, 0) is 43.3 Å². The second kappa shape index (κ2) is 5.81. The van der Waals surface area contributed by atoms with Gasteiger partial charge in [0.25, 0.3) is 5.91 Å². The lowest BCUT2D eigenvalue weighted by Gasteiger charge is -2.22. The van der Waals surface area contributed by atoms with E-state index in [1.807, 2.05) is 42.3 Å². The molecule has 26 heavy (non-hydrogen) atoms. The first kappa shape index (κ1) is 15.8. The van der Waals surface area contributed by atoms with E-state index in [1.54, 1.807) is 11.3 Å². The first-order valence-electron chi connectivity index (χ1n) is 9.12. The number of aromatic nitrogens is 2. The van der Waals surface area contributed by atoms with Crippen LogP contribution in [0.3, 0.4) is 0 Å². The molecule has 5 heteroatoms. The van der Waals surface area contributed by atoms with E-state index in [-0.39, 0.29) is 11.3 Å². The van der Waals surface area contributed by atoms with Gasteiger partial charge in [-0.2, -0.15) is 0 Å². The molecule has 4 nitrogen and oxygen atoms in total. The second-order valence-corrected chi connectivity index (χ2v) is 8.42. The number of carbonyl (C=O) groups excluding carboxylic acids is 1. The van der Waals surface area contributed by atoms with Crippen LogP contribution in [0.2, 0.25) is 0 Å². The number of likely N-dealkylation sites (tertiary alicyclic amines) is 1. The molecular formula is C21H21N3OS. The molecule has 4 heterocycles. The van der Waals surface area contributed by atoms with Crippen molar-refractivity contribution < 1.29 is 4.79 Å². The highest BCUT2D eigenvalue weighted by Crippen LogP contribution is 2.44. The molecule has 0 aliphatic carbocycles. The third-order valence-corrected chi connectivity index (χ3v) is 6.75. The summed E-state index contributed by atoms with van der Waals surface area (Å²) in [5, 5.41) is 2.11. The van der Waals surface area contributed by atoms with Gasteiger partial charge in [-0.1, -0.05) is 23.8 Å². The normalized spacial score (nSPS) is 21.5. The summed E-state index contributed by atoms with van der Waals surface area (Å²) >= 11 is 1.76. The largest absolute Gasteiger partial charge is 0.338 e. The van der Waals surface area contributed by atoms with Gasteiger partial charge in [-0.3, -0.25) is 4.79 Å². The fraction of sp³-hybridized carbons (Fsp3) is 0.333. The Morgan fingerprint density at radius 2 is 1.96 bits per heavy atom. The van der Waals surface area contributed by atoms with Crippen LogP contribution < -0.4 is 0 Å². The lowest BCUT2D eigenvalue weighted by molar-refractivity contribution is 0.0783. The zero-order valence-electron chi connectivity index (χ0n) is 14.8. The Labute approximate surface area is 157 Å². The summed E-state index contributed by atoms with van der Waals surface area (Å²) in [5.74, 6) is 1.31. The van der Waals surface area contributed by atoms with E-state index in [0.717, 1.165) is 38.0 Å². The van der Waals surface area contributed by atoms with Crippen LogP contribution in [0.5, 0.6) is 0 Å². The van der Waals surface area contributed by atoms with Crippen molar-refractivity contribution in [2.75, 3.05) is 13.1 Å². The Bertz CT molecular complexity index is 958. The predicted molar refractivity (Wildman–Crippen MR) is 104 cm³/mol. The topological polar surface area (TPSA) is 38.1 Å². The molecule has 132 valence electrons. The van der Waals surface area contributed by atoms with Crippen molar-refractivity contribution in [2.24, 2.45) is 0 Å². The van der Waals surface area contributed by atoms with Gasteiger partial charge in [-0.25, -0.2) is 4.98 Å². The first-order chi connectivity index (χ1) is 12.7. The molecule has 0 N–H and O–H groups in total. The van der Waals surface area contributed by atoms with Crippen molar-refractivity contribution in [3.63, 3.8) is 0 Å². The van der Waals surface area contributed by atoms with Crippen LogP contribution in [-0.4, -0.2) is 33.4 Å². The van der Waals surface area contributed by atoms with E-state index >= 15 is 0 Å². The van der Waals surface area contributed by atoms with E-state index in [0.29, 0.717) is 0 Å². The second-order valence-electron chi connectivity index (χ2n) is 7.47. The molecule has 1 aromatic carbocycles. The van der Waals surface area contributed by atoms with E-state index in [4.69, 9.17) is 4.98 Å². The molecule has 0 radical (unpaired) electrons.